The SMILES string of the molecule is CC(Oc1ccc(Cl)cc1Cl)C(=O)NCCSCc1ccco1. The molecule has 0 aliphatic carbocycles. The van der Waals surface area contributed by atoms with E-state index in [1.807, 2.05) is 12.1 Å². The molecule has 0 radical (unpaired) electrons. The number of amides is 1. The Hall–Kier alpha value is -1.30. The van der Waals surface area contributed by atoms with Crippen molar-refractivity contribution in [2.75, 3.05) is 12.3 Å². The fourth-order valence-electron chi connectivity index (χ4n) is 1.77. The van der Waals surface area contributed by atoms with Crippen molar-refractivity contribution in [3.05, 3.63) is 52.4 Å². The van der Waals surface area contributed by atoms with Gasteiger partial charge in [0.05, 0.1) is 17.0 Å². The summed E-state index contributed by atoms with van der Waals surface area (Å²) in [4.78, 5) is 12.0. The van der Waals surface area contributed by atoms with Crippen LogP contribution < -0.4 is 10.1 Å². The Labute approximate surface area is 149 Å². The van der Waals surface area contributed by atoms with Crippen molar-refractivity contribution in [3.8, 4) is 5.75 Å². The monoisotopic (exact) mass is 373 g/mol. The topological polar surface area (TPSA) is 51.5 Å². The van der Waals surface area contributed by atoms with Gasteiger partial charge in [-0.15, -0.1) is 0 Å². The summed E-state index contributed by atoms with van der Waals surface area (Å²) in [5.74, 6) is 2.76. The first-order chi connectivity index (χ1) is 11.1. The van der Waals surface area contributed by atoms with Crippen LogP contribution in [0.5, 0.6) is 5.75 Å². The standard InChI is InChI=1S/C16H17Cl2NO3S/c1-11(22-15-5-4-12(17)9-14(15)18)16(20)19-6-8-23-10-13-3-2-7-21-13/h2-5,7,9,11H,6,8,10H2,1H3,(H,19,20). The molecule has 1 aromatic heterocycles. The predicted molar refractivity (Wildman–Crippen MR) is 94.4 cm³/mol. The maximum absolute atomic E-state index is 12.0. The number of rotatable bonds is 8. The number of furan rings is 1. The van der Waals surface area contributed by atoms with Gasteiger partial charge in [-0.2, -0.15) is 11.8 Å². The molecule has 1 N–H and O–H groups in total. The van der Waals surface area contributed by atoms with Gasteiger partial charge in [-0.25, -0.2) is 0 Å². The van der Waals surface area contributed by atoms with Gasteiger partial charge < -0.3 is 14.5 Å². The molecule has 4 nitrogen and oxygen atoms in total. The highest BCUT2D eigenvalue weighted by Crippen LogP contribution is 2.28. The number of benzene rings is 1. The van der Waals surface area contributed by atoms with E-state index < -0.39 is 6.10 Å². The van der Waals surface area contributed by atoms with Crippen LogP contribution in [0.3, 0.4) is 0 Å². The summed E-state index contributed by atoms with van der Waals surface area (Å²) < 4.78 is 10.8. The van der Waals surface area contributed by atoms with Crippen molar-refractivity contribution < 1.29 is 13.9 Å². The molecular weight excluding hydrogens is 357 g/mol. The number of carbonyl (C=O) groups excluding carboxylic acids is 1. The number of carbonyl (C=O) groups is 1. The summed E-state index contributed by atoms with van der Waals surface area (Å²) >= 11 is 13.5. The number of halogens is 2. The van der Waals surface area contributed by atoms with Crippen molar-refractivity contribution >= 4 is 40.9 Å². The second-order valence-corrected chi connectivity index (χ2v) is 6.71. The molecular formula is C16H17Cl2NO3S. The molecule has 0 bridgehead atoms. The molecule has 7 heteroatoms. The predicted octanol–water partition coefficient (Wildman–Crippen LogP) is 4.40. The van der Waals surface area contributed by atoms with Gasteiger partial charge >= 0.3 is 0 Å². The van der Waals surface area contributed by atoms with E-state index in [4.69, 9.17) is 32.4 Å². The molecule has 0 fully saturated rings. The van der Waals surface area contributed by atoms with Crippen molar-refractivity contribution in [1.29, 1.82) is 0 Å². The number of ether oxygens (including phenoxy) is 1. The van der Waals surface area contributed by atoms with Crippen molar-refractivity contribution in [3.63, 3.8) is 0 Å². The molecule has 1 amide bonds. The highest BCUT2D eigenvalue weighted by molar-refractivity contribution is 7.98. The molecule has 1 heterocycles. The fraction of sp³-hybridized carbons (Fsp3) is 0.312. The van der Waals surface area contributed by atoms with Crippen molar-refractivity contribution in [1.82, 2.24) is 5.32 Å². The summed E-state index contributed by atoms with van der Waals surface area (Å²) in [6, 6.07) is 8.68. The van der Waals surface area contributed by atoms with Crippen LogP contribution in [-0.2, 0) is 10.5 Å². The van der Waals surface area contributed by atoms with Gasteiger partial charge in [0.2, 0.25) is 0 Å². The minimum Gasteiger partial charge on any atom is -0.479 e. The first-order valence-electron chi connectivity index (χ1n) is 7.06. The number of hydrogen-bond acceptors (Lipinski definition) is 4. The summed E-state index contributed by atoms with van der Waals surface area (Å²) in [7, 11) is 0. The number of hydrogen-bond donors (Lipinski definition) is 1. The van der Waals surface area contributed by atoms with Crippen LogP contribution in [0.4, 0.5) is 0 Å². The van der Waals surface area contributed by atoms with Crippen LogP contribution in [0.1, 0.15) is 12.7 Å². The Bertz CT molecular complexity index is 634. The van der Waals surface area contributed by atoms with Crippen LogP contribution in [0, 0.1) is 0 Å². The molecule has 1 atom stereocenters. The van der Waals surface area contributed by atoms with E-state index in [1.165, 1.54) is 0 Å². The second-order valence-electron chi connectivity index (χ2n) is 4.76. The zero-order valence-electron chi connectivity index (χ0n) is 12.6. The smallest absolute Gasteiger partial charge is 0.260 e. The summed E-state index contributed by atoms with van der Waals surface area (Å²) in [5, 5.41) is 3.73. The van der Waals surface area contributed by atoms with Crippen molar-refractivity contribution in [2.45, 2.75) is 18.8 Å². The lowest BCUT2D eigenvalue weighted by atomic mass is 10.3. The normalized spacial score (nSPS) is 12.0. The Balaban J connectivity index is 1.68. The molecule has 124 valence electrons. The molecule has 1 aromatic carbocycles. The van der Waals surface area contributed by atoms with E-state index in [-0.39, 0.29) is 5.91 Å². The molecule has 0 saturated carbocycles. The van der Waals surface area contributed by atoms with E-state index in [2.05, 4.69) is 5.32 Å². The summed E-state index contributed by atoms with van der Waals surface area (Å²) in [6.07, 6.45) is 1.02. The molecule has 0 spiro atoms. The quantitative estimate of drug-likeness (QED) is 0.696. The molecule has 1 unspecified atom stereocenters. The Morgan fingerprint density at radius 2 is 2.22 bits per heavy atom. The Kier molecular flexibility index (Phi) is 7.15. The zero-order chi connectivity index (χ0) is 16.7. The van der Waals surface area contributed by atoms with Gasteiger partial charge in [0.15, 0.2) is 6.10 Å². The van der Waals surface area contributed by atoms with E-state index in [0.717, 1.165) is 17.3 Å². The Morgan fingerprint density at radius 1 is 1.39 bits per heavy atom. The van der Waals surface area contributed by atoms with Gasteiger partial charge in [-0.3, -0.25) is 4.79 Å². The van der Waals surface area contributed by atoms with E-state index in [0.29, 0.717) is 22.3 Å². The van der Waals surface area contributed by atoms with E-state index in [1.54, 1.807) is 43.1 Å². The number of thioether (sulfide) groups is 1. The third kappa shape index (κ3) is 6.01. The maximum Gasteiger partial charge on any atom is 0.260 e. The lowest BCUT2D eigenvalue weighted by Gasteiger charge is -2.15. The maximum atomic E-state index is 12.0. The zero-order valence-corrected chi connectivity index (χ0v) is 14.9. The Morgan fingerprint density at radius 3 is 2.91 bits per heavy atom. The minimum absolute atomic E-state index is 0.186. The molecule has 0 saturated heterocycles. The molecule has 23 heavy (non-hydrogen) atoms. The van der Waals surface area contributed by atoms with Gasteiger partial charge in [0.1, 0.15) is 11.5 Å². The van der Waals surface area contributed by atoms with Gasteiger partial charge in [0.25, 0.3) is 5.91 Å². The molecule has 2 aromatic rings. The first kappa shape index (κ1) is 18.0. The molecule has 0 aliphatic heterocycles. The van der Waals surface area contributed by atoms with Crippen LogP contribution in [0.2, 0.25) is 10.0 Å². The summed E-state index contributed by atoms with van der Waals surface area (Å²) in [6.45, 7) is 2.24. The highest BCUT2D eigenvalue weighted by atomic mass is 35.5. The molecule has 0 aliphatic rings. The summed E-state index contributed by atoms with van der Waals surface area (Å²) in [5.41, 5.74) is 0. The second kappa shape index (κ2) is 9.11. The van der Waals surface area contributed by atoms with Gasteiger partial charge in [0, 0.05) is 17.3 Å². The van der Waals surface area contributed by atoms with Gasteiger partial charge in [-0.1, -0.05) is 23.2 Å². The average Bonchev–Trinajstić information content (AvgIpc) is 3.02. The van der Waals surface area contributed by atoms with Crippen LogP contribution in [0.25, 0.3) is 0 Å². The lowest BCUT2D eigenvalue weighted by Crippen LogP contribution is -2.37. The third-order valence-electron chi connectivity index (χ3n) is 2.94. The first-order valence-corrected chi connectivity index (χ1v) is 8.97. The van der Waals surface area contributed by atoms with E-state index in [9.17, 15) is 4.79 Å². The van der Waals surface area contributed by atoms with Crippen LogP contribution >= 0.6 is 35.0 Å². The van der Waals surface area contributed by atoms with Crippen LogP contribution in [0.15, 0.2) is 41.0 Å². The lowest BCUT2D eigenvalue weighted by molar-refractivity contribution is -0.127. The third-order valence-corrected chi connectivity index (χ3v) is 4.45. The average molecular weight is 374 g/mol. The molecule has 2 rings (SSSR count). The minimum atomic E-state index is -0.635. The van der Waals surface area contributed by atoms with E-state index >= 15 is 0 Å². The van der Waals surface area contributed by atoms with Crippen molar-refractivity contribution in [2.24, 2.45) is 0 Å². The van der Waals surface area contributed by atoms with Gasteiger partial charge in [-0.05, 0) is 37.3 Å². The highest BCUT2D eigenvalue weighted by Gasteiger charge is 2.15. The largest absolute Gasteiger partial charge is 0.479 e. The number of nitrogens with one attached hydrogen (secondary N) is 1. The fourth-order valence-corrected chi connectivity index (χ4v) is 2.98. The van der Waals surface area contributed by atoms with Crippen LogP contribution in [-0.4, -0.2) is 24.3 Å².